The molecular formula is C15H18N4OS. The van der Waals surface area contributed by atoms with Gasteiger partial charge in [-0.25, -0.2) is 4.98 Å². The Morgan fingerprint density at radius 3 is 2.86 bits per heavy atom. The van der Waals surface area contributed by atoms with Crippen molar-refractivity contribution < 1.29 is 0 Å². The van der Waals surface area contributed by atoms with Crippen molar-refractivity contribution in [1.82, 2.24) is 9.97 Å². The van der Waals surface area contributed by atoms with Gasteiger partial charge in [0, 0.05) is 22.2 Å². The highest BCUT2D eigenvalue weighted by molar-refractivity contribution is 7.99. The van der Waals surface area contributed by atoms with E-state index in [0.29, 0.717) is 10.7 Å². The van der Waals surface area contributed by atoms with Crippen LogP contribution in [0, 0.1) is 12.3 Å². The number of hydrogen-bond acceptors (Lipinski definition) is 4. The minimum atomic E-state index is -0.160. The molecule has 0 aliphatic heterocycles. The Kier molecular flexibility index (Phi) is 4.80. The molecule has 0 bridgehead atoms. The van der Waals surface area contributed by atoms with Gasteiger partial charge in [-0.1, -0.05) is 36.7 Å². The maximum Gasteiger partial charge on any atom is 0.251 e. The van der Waals surface area contributed by atoms with E-state index in [0.717, 1.165) is 29.0 Å². The van der Waals surface area contributed by atoms with Crippen LogP contribution < -0.4 is 11.3 Å². The Bertz CT molecular complexity index is 724. The Hall–Kier alpha value is -2.08. The summed E-state index contributed by atoms with van der Waals surface area (Å²) in [4.78, 5) is 19.6. The van der Waals surface area contributed by atoms with Gasteiger partial charge in [0.05, 0.1) is 0 Å². The van der Waals surface area contributed by atoms with E-state index < -0.39 is 0 Å². The van der Waals surface area contributed by atoms with Gasteiger partial charge in [-0.15, -0.1) is 0 Å². The Morgan fingerprint density at radius 2 is 2.19 bits per heavy atom. The van der Waals surface area contributed by atoms with E-state index in [2.05, 4.69) is 9.97 Å². The number of nitrogens with zero attached hydrogens (tertiary/aromatic N) is 1. The summed E-state index contributed by atoms with van der Waals surface area (Å²) in [6.07, 6.45) is 1.70. The first-order valence-electron chi connectivity index (χ1n) is 6.72. The van der Waals surface area contributed by atoms with Crippen LogP contribution in [0.1, 0.15) is 30.2 Å². The number of H-pyrrole nitrogens is 1. The van der Waals surface area contributed by atoms with Crippen molar-refractivity contribution in [3.63, 3.8) is 0 Å². The fourth-order valence-corrected chi connectivity index (χ4v) is 2.90. The van der Waals surface area contributed by atoms with E-state index in [1.54, 1.807) is 0 Å². The van der Waals surface area contributed by atoms with E-state index in [4.69, 9.17) is 11.1 Å². The van der Waals surface area contributed by atoms with E-state index in [-0.39, 0.29) is 11.4 Å². The van der Waals surface area contributed by atoms with Crippen molar-refractivity contribution in [2.24, 2.45) is 5.73 Å². The molecule has 1 aromatic heterocycles. The molecule has 2 rings (SSSR count). The fourth-order valence-electron chi connectivity index (χ4n) is 1.96. The standard InChI is InChI=1S/C15H18N4OS/c1-3-4-10-8-13(20)19-15(18-10)21-12-6-5-9(2)7-11(12)14(16)17/h5-8H,3-4H2,1-2H3,(H3,16,17)(H,18,19,20). The van der Waals surface area contributed by atoms with Crippen LogP contribution in [-0.4, -0.2) is 15.8 Å². The number of hydrogen-bond donors (Lipinski definition) is 3. The van der Waals surface area contributed by atoms with Gasteiger partial charge in [-0.05, 0) is 25.5 Å². The number of amidine groups is 1. The zero-order valence-electron chi connectivity index (χ0n) is 12.1. The molecule has 0 unspecified atom stereocenters. The molecule has 0 fully saturated rings. The normalized spacial score (nSPS) is 10.6. The Balaban J connectivity index is 2.38. The lowest BCUT2D eigenvalue weighted by Gasteiger charge is -2.09. The fraction of sp³-hybridized carbons (Fsp3) is 0.267. The smallest absolute Gasteiger partial charge is 0.251 e. The van der Waals surface area contributed by atoms with Crippen molar-refractivity contribution in [2.75, 3.05) is 0 Å². The number of aromatic nitrogens is 2. The summed E-state index contributed by atoms with van der Waals surface area (Å²) >= 11 is 1.32. The van der Waals surface area contributed by atoms with Crippen LogP contribution in [0.15, 0.2) is 39.1 Å². The third kappa shape index (κ3) is 3.95. The Labute approximate surface area is 127 Å². The first-order valence-corrected chi connectivity index (χ1v) is 7.54. The second-order valence-electron chi connectivity index (χ2n) is 4.81. The minimum absolute atomic E-state index is 0.00765. The number of nitrogens with one attached hydrogen (secondary N) is 2. The molecule has 6 heteroatoms. The highest BCUT2D eigenvalue weighted by Gasteiger charge is 2.10. The van der Waals surface area contributed by atoms with Gasteiger partial charge in [0.25, 0.3) is 5.56 Å². The van der Waals surface area contributed by atoms with Crippen molar-refractivity contribution in [1.29, 1.82) is 5.41 Å². The summed E-state index contributed by atoms with van der Waals surface area (Å²) in [7, 11) is 0. The second kappa shape index (κ2) is 6.58. The molecule has 110 valence electrons. The lowest BCUT2D eigenvalue weighted by molar-refractivity contribution is 0.816. The van der Waals surface area contributed by atoms with Gasteiger partial charge in [-0.2, -0.15) is 0 Å². The molecule has 0 spiro atoms. The van der Waals surface area contributed by atoms with Crippen LogP contribution in [0.25, 0.3) is 0 Å². The number of nitrogen functional groups attached to an aromatic ring is 1. The van der Waals surface area contributed by atoms with E-state index in [1.807, 2.05) is 32.0 Å². The third-order valence-corrected chi connectivity index (χ3v) is 3.87. The van der Waals surface area contributed by atoms with Gasteiger partial charge < -0.3 is 10.7 Å². The second-order valence-corrected chi connectivity index (χ2v) is 5.84. The molecule has 0 atom stereocenters. The van der Waals surface area contributed by atoms with Crippen LogP contribution >= 0.6 is 11.8 Å². The van der Waals surface area contributed by atoms with Crippen molar-refractivity contribution in [2.45, 2.75) is 36.7 Å². The lowest BCUT2D eigenvalue weighted by Crippen LogP contribution is -2.13. The number of nitrogens with two attached hydrogens (primary N) is 1. The summed E-state index contributed by atoms with van der Waals surface area (Å²) < 4.78 is 0. The van der Waals surface area contributed by atoms with Crippen molar-refractivity contribution >= 4 is 17.6 Å². The molecule has 1 aromatic carbocycles. The van der Waals surface area contributed by atoms with Gasteiger partial charge >= 0.3 is 0 Å². The zero-order valence-corrected chi connectivity index (χ0v) is 12.9. The molecule has 5 nitrogen and oxygen atoms in total. The number of benzene rings is 1. The van der Waals surface area contributed by atoms with Gasteiger partial charge in [0.1, 0.15) is 5.84 Å². The number of aromatic amines is 1. The average Bonchev–Trinajstić information content (AvgIpc) is 2.40. The first kappa shape index (κ1) is 15.3. The molecule has 0 amide bonds. The molecule has 0 saturated carbocycles. The third-order valence-electron chi connectivity index (χ3n) is 2.91. The molecule has 0 saturated heterocycles. The monoisotopic (exact) mass is 302 g/mol. The van der Waals surface area contributed by atoms with Crippen molar-refractivity contribution in [3.05, 3.63) is 51.4 Å². The van der Waals surface area contributed by atoms with Crippen LogP contribution in [0.3, 0.4) is 0 Å². The summed E-state index contributed by atoms with van der Waals surface area (Å²) in [6.45, 7) is 3.99. The molecular weight excluding hydrogens is 284 g/mol. The molecule has 1 heterocycles. The van der Waals surface area contributed by atoms with Crippen LogP contribution in [0.4, 0.5) is 0 Å². The van der Waals surface area contributed by atoms with Crippen LogP contribution in [0.2, 0.25) is 0 Å². The zero-order chi connectivity index (χ0) is 15.4. The summed E-state index contributed by atoms with van der Waals surface area (Å²) in [5.74, 6) is 0.00765. The lowest BCUT2D eigenvalue weighted by atomic mass is 10.1. The number of aryl methyl sites for hydroxylation is 2. The highest BCUT2D eigenvalue weighted by Crippen LogP contribution is 2.28. The quantitative estimate of drug-likeness (QED) is 0.449. The summed E-state index contributed by atoms with van der Waals surface area (Å²) in [5.41, 5.74) is 7.93. The first-order chi connectivity index (χ1) is 9.99. The molecule has 0 aliphatic rings. The SMILES string of the molecule is CCCc1cc(=O)[nH]c(Sc2ccc(C)cc2C(=N)N)n1. The van der Waals surface area contributed by atoms with E-state index >= 15 is 0 Å². The van der Waals surface area contributed by atoms with Gasteiger partial charge in [-0.3, -0.25) is 10.2 Å². The predicted molar refractivity (Wildman–Crippen MR) is 85.2 cm³/mol. The largest absolute Gasteiger partial charge is 0.384 e. The molecule has 0 aliphatic carbocycles. The van der Waals surface area contributed by atoms with Crippen molar-refractivity contribution in [3.8, 4) is 0 Å². The van der Waals surface area contributed by atoms with Crippen LogP contribution in [-0.2, 0) is 6.42 Å². The number of rotatable bonds is 5. The van der Waals surface area contributed by atoms with Gasteiger partial charge in [0.2, 0.25) is 0 Å². The molecule has 4 N–H and O–H groups in total. The Morgan fingerprint density at radius 1 is 1.43 bits per heavy atom. The van der Waals surface area contributed by atoms with E-state index in [1.165, 1.54) is 17.8 Å². The minimum Gasteiger partial charge on any atom is -0.384 e. The molecule has 0 radical (unpaired) electrons. The molecule has 2 aromatic rings. The highest BCUT2D eigenvalue weighted by atomic mass is 32.2. The van der Waals surface area contributed by atoms with Gasteiger partial charge in [0.15, 0.2) is 5.16 Å². The maximum atomic E-state index is 11.7. The van der Waals surface area contributed by atoms with Crippen LogP contribution in [0.5, 0.6) is 0 Å². The predicted octanol–water partition coefficient (Wildman–Crippen LogP) is 2.47. The molecule has 21 heavy (non-hydrogen) atoms. The summed E-state index contributed by atoms with van der Waals surface area (Å²) in [5, 5.41) is 8.19. The average molecular weight is 302 g/mol. The van der Waals surface area contributed by atoms with E-state index in [9.17, 15) is 4.79 Å². The topological polar surface area (TPSA) is 95.6 Å². The maximum absolute atomic E-state index is 11.7. The summed E-state index contributed by atoms with van der Waals surface area (Å²) in [6, 6.07) is 7.22.